The Bertz CT molecular complexity index is 812. The zero-order valence-electron chi connectivity index (χ0n) is 15.4. The number of carbonyl (C=O) groups excluding carboxylic acids is 3. The van der Waals surface area contributed by atoms with Crippen molar-refractivity contribution < 1.29 is 23.5 Å². The Hall–Kier alpha value is -3.42. The normalized spacial score (nSPS) is 11.4. The molecule has 7 nitrogen and oxygen atoms in total. The SMILES string of the molecule is CCN(C(=O)COC(=O)[C@H](Cc1ccccc1)NC(N)=O)c1ccc(F)cc1. The molecule has 8 heteroatoms. The van der Waals surface area contributed by atoms with E-state index in [1.165, 1.54) is 29.2 Å². The van der Waals surface area contributed by atoms with Crippen LogP contribution in [0.4, 0.5) is 14.9 Å². The number of urea groups is 1. The van der Waals surface area contributed by atoms with Gasteiger partial charge in [-0.1, -0.05) is 30.3 Å². The monoisotopic (exact) mass is 387 g/mol. The van der Waals surface area contributed by atoms with Crippen LogP contribution in [-0.4, -0.2) is 37.1 Å². The number of halogens is 1. The Balaban J connectivity index is 2.00. The number of rotatable bonds is 8. The number of hydrogen-bond donors (Lipinski definition) is 2. The van der Waals surface area contributed by atoms with Crippen molar-refractivity contribution in [2.45, 2.75) is 19.4 Å². The molecule has 0 aliphatic heterocycles. The lowest BCUT2D eigenvalue weighted by Gasteiger charge is -2.22. The quantitative estimate of drug-likeness (QED) is 0.677. The van der Waals surface area contributed by atoms with Gasteiger partial charge in [-0.3, -0.25) is 4.79 Å². The molecule has 0 heterocycles. The maximum atomic E-state index is 13.1. The summed E-state index contributed by atoms with van der Waals surface area (Å²) in [5.41, 5.74) is 6.42. The van der Waals surface area contributed by atoms with Crippen molar-refractivity contribution in [3.8, 4) is 0 Å². The number of likely N-dealkylation sites (N-methyl/N-ethyl adjacent to an activating group) is 1. The molecule has 0 bridgehead atoms. The lowest BCUT2D eigenvalue weighted by atomic mass is 10.1. The molecule has 3 amide bonds. The molecule has 0 fully saturated rings. The number of esters is 1. The fraction of sp³-hybridized carbons (Fsp3) is 0.250. The van der Waals surface area contributed by atoms with Gasteiger partial charge in [-0.25, -0.2) is 14.0 Å². The highest BCUT2D eigenvalue weighted by Gasteiger charge is 2.24. The number of nitrogens with zero attached hydrogens (tertiary/aromatic N) is 1. The number of ether oxygens (including phenoxy) is 1. The first-order valence-corrected chi connectivity index (χ1v) is 8.73. The third kappa shape index (κ3) is 6.08. The minimum absolute atomic E-state index is 0.173. The zero-order valence-corrected chi connectivity index (χ0v) is 15.4. The van der Waals surface area contributed by atoms with Crippen LogP contribution in [0.3, 0.4) is 0 Å². The van der Waals surface area contributed by atoms with E-state index in [2.05, 4.69) is 5.32 Å². The molecule has 0 aliphatic rings. The van der Waals surface area contributed by atoms with Crippen LogP contribution in [0.25, 0.3) is 0 Å². The van der Waals surface area contributed by atoms with E-state index in [4.69, 9.17) is 10.5 Å². The van der Waals surface area contributed by atoms with Crippen molar-refractivity contribution in [3.05, 3.63) is 66.0 Å². The van der Waals surface area contributed by atoms with E-state index in [1.807, 2.05) is 6.07 Å². The fourth-order valence-electron chi connectivity index (χ4n) is 2.65. The van der Waals surface area contributed by atoms with Crippen molar-refractivity contribution >= 4 is 23.6 Å². The van der Waals surface area contributed by atoms with Crippen LogP contribution in [-0.2, 0) is 20.7 Å². The second-order valence-corrected chi connectivity index (χ2v) is 5.97. The van der Waals surface area contributed by atoms with Gasteiger partial charge in [0.05, 0.1) is 0 Å². The summed E-state index contributed by atoms with van der Waals surface area (Å²) in [7, 11) is 0. The molecule has 3 N–H and O–H groups in total. The van der Waals surface area contributed by atoms with Gasteiger partial charge in [-0.2, -0.15) is 0 Å². The summed E-state index contributed by atoms with van der Waals surface area (Å²) in [5, 5.41) is 2.33. The molecule has 28 heavy (non-hydrogen) atoms. The molecule has 2 aromatic carbocycles. The Morgan fingerprint density at radius 1 is 1.11 bits per heavy atom. The predicted octanol–water partition coefficient (Wildman–Crippen LogP) is 2.00. The number of amides is 3. The highest BCUT2D eigenvalue weighted by Crippen LogP contribution is 2.15. The molecule has 2 aromatic rings. The summed E-state index contributed by atoms with van der Waals surface area (Å²) >= 11 is 0. The molecule has 1 atom stereocenters. The second-order valence-electron chi connectivity index (χ2n) is 5.97. The molecular weight excluding hydrogens is 365 g/mol. The minimum Gasteiger partial charge on any atom is -0.454 e. The van der Waals surface area contributed by atoms with Crippen LogP contribution >= 0.6 is 0 Å². The second kappa shape index (κ2) is 10.1. The number of hydrogen-bond acceptors (Lipinski definition) is 4. The maximum Gasteiger partial charge on any atom is 0.329 e. The van der Waals surface area contributed by atoms with E-state index < -0.39 is 36.4 Å². The zero-order chi connectivity index (χ0) is 20.5. The van der Waals surface area contributed by atoms with Gasteiger partial charge in [0.1, 0.15) is 11.9 Å². The van der Waals surface area contributed by atoms with Crippen molar-refractivity contribution in [2.24, 2.45) is 5.73 Å². The van der Waals surface area contributed by atoms with Gasteiger partial charge in [-0.05, 0) is 36.8 Å². The molecule has 0 spiro atoms. The van der Waals surface area contributed by atoms with Gasteiger partial charge < -0.3 is 20.7 Å². The molecular formula is C20H22FN3O4. The smallest absolute Gasteiger partial charge is 0.329 e. The average molecular weight is 387 g/mol. The van der Waals surface area contributed by atoms with Crippen molar-refractivity contribution in [2.75, 3.05) is 18.1 Å². The van der Waals surface area contributed by atoms with Crippen molar-refractivity contribution in [1.29, 1.82) is 0 Å². The first-order valence-electron chi connectivity index (χ1n) is 8.73. The summed E-state index contributed by atoms with van der Waals surface area (Å²) in [6.07, 6.45) is 0.173. The van der Waals surface area contributed by atoms with Crippen LogP contribution in [0.15, 0.2) is 54.6 Å². The van der Waals surface area contributed by atoms with E-state index >= 15 is 0 Å². The van der Waals surface area contributed by atoms with E-state index in [0.717, 1.165) is 5.56 Å². The van der Waals surface area contributed by atoms with E-state index in [9.17, 15) is 18.8 Å². The highest BCUT2D eigenvalue weighted by molar-refractivity contribution is 5.95. The summed E-state index contributed by atoms with van der Waals surface area (Å²) in [6.45, 7) is 1.54. The van der Waals surface area contributed by atoms with Gasteiger partial charge in [0.2, 0.25) is 0 Å². The Labute approximate surface area is 162 Å². The largest absolute Gasteiger partial charge is 0.454 e. The minimum atomic E-state index is -1.02. The molecule has 148 valence electrons. The number of carbonyl (C=O) groups is 3. The van der Waals surface area contributed by atoms with Crippen LogP contribution < -0.4 is 16.0 Å². The molecule has 0 radical (unpaired) electrons. The Morgan fingerprint density at radius 3 is 2.32 bits per heavy atom. The van der Waals surface area contributed by atoms with E-state index in [1.54, 1.807) is 31.2 Å². The number of primary amides is 1. The van der Waals surface area contributed by atoms with E-state index in [-0.39, 0.29) is 6.42 Å². The first kappa shape index (κ1) is 20.9. The van der Waals surface area contributed by atoms with Crippen molar-refractivity contribution in [3.63, 3.8) is 0 Å². The van der Waals surface area contributed by atoms with Crippen LogP contribution in [0.2, 0.25) is 0 Å². The number of nitrogens with two attached hydrogens (primary N) is 1. The lowest BCUT2D eigenvalue weighted by molar-refractivity contribution is -0.149. The van der Waals surface area contributed by atoms with E-state index in [0.29, 0.717) is 12.2 Å². The van der Waals surface area contributed by atoms with Crippen molar-refractivity contribution in [1.82, 2.24) is 5.32 Å². The van der Waals surface area contributed by atoms with Gasteiger partial charge in [0, 0.05) is 18.7 Å². The summed E-state index contributed by atoms with van der Waals surface area (Å²) in [4.78, 5) is 37.3. The summed E-state index contributed by atoms with van der Waals surface area (Å²) in [6, 6.07) is 12.5. The molecule has 2 rings (SSSR count). The van der Waals surface area contributed by atoms with Crippen LogP contribution in [0.5, 0.6) is 0 Å². The Kier molecular flexibility index (Phi) is 7.50. The lowest BCUT2D eigenvalue weighted by Crippen LogP contribution is -2.46. The van der Waals surface area contributed by atoms with Crippen LogP contribution in [0, 0.1) is 5.82 Å². The number of nitrogens with one attached hydrogen (secondary N) is 1. The topological polar surface area (TPSA) is 102 Å². The van der Waals surface area contributed by atoms with Gasteiger partial charge in [0.25, 0.3) is 5.91 Å². The molecule has 0 aromatic heterocycles. The molecule has 0 saturated carbocycles. The number of benzene rings is 2. The van der Waals surface area contributed by atoms with Gasteiger partial charge in [0.15, 0.2) is 6.61 Å². The molecule has 0 aliphatic carbocycles. The molecule has 0 saturated heterocycles. The molecule has 0 unspecified atom stereocenters. The van der Waals surface area contributed by atoms with Crippen LogP contribution in [0.1, 0.15) is 12.5 Å². The fourth-order valence-corrected chi connectivity index (χ4v) is 2.65. The Morgan fingerprint density at radius 2 is 1.75 bits per heavy atom. The van der Waals surface area contributed by atoms with Gasteiger partial charge in [-0.15, -0.1) is 0 Å². The number of anilines is 1. The van der Waals surface area contributed by atoms with Gasteiger partial charge >= 0.3 is 12.0 Å². The predicted molar refractivity (Wildman–Crippen MR) is 102 cm³/mol. The summed E-state index contributed by atoms with van der Waals surface area (Å²) in [5.74, 6) is -1.66. The first-order chi connectivity index (χ1) is 13.4. The average Bonchev–Trinajstić information content (AvgIpc) is 2.68. The standard InChI is InChI=1S/C20H22FN3O4/c1-2-24(16-10-8-15(21)9-11-16)18(25)13-28-19(26)17(23-20(22)27)12-14-6-4-3-5-7-14/h3-11,17H,2,12-13H2,1H3,(H3,22,23,27)/t17-/m0/s1. The maximum absolute atomic E-state index is 13.1. The highest BCUT2D eigenvalue weighted by atomic mass is 19.1. The third-order valence-electron chi connectivity index (χ3n) is 3.98. The third-order valence-corrected chi connectivity index (χ3v) is 3.98. The summed E-state index contributed by atoms with van der Waals surface area (Å²) < 4.78 is 18.2.